The molecule has 0 radical (unpaired) electrons. The molecule has 2 N–H and O–H groups in total. The number of carbonyl (C=O) groups is 1. The van der Waals surface area contributed by atoms with Crippen molar-refractivity contribution in [2.75, 3.05) is 17.7 Å². The molecule has 0 fully saturated rings. The van der Waals surface area contributed by atoms with Crippen LogP contribution in [0, 0.1) is 5.82 Å². The van der Waals surface area contributed by atoms with Crippen molar-refractivity contribution in [3.63, 3.8) is 0 Å². The van der Waals surface area contributed by atoms with Gasteiger partial charge in [0.05, 0.1) is 17.7 Å². The number of halogens is 2. The summed E-state index contributed by atoms with van der Waals surface area (Å²) < 4.78 is 18.3. The lowest BCUT2D eigenvalue weighted by Crippen LogP contribution is -2.13. The van der Waals surface area contributed by atoms with Crippen LogP contribution in [-0.4, -0.2) is 23.0 Å². The summed E-state index contributed by atoms with van der Waals surface area (Å²) in [5.41, 5.74) is 1.69. The number of hydrogen-bond donors (Lipinski definition) is 2. The Labute approximate surface area is 160 Å². The van der Waals surface area contributed by atoms with Crippen molar-refractivity contribution in [1.29, 1.82) is 0 Å². The van der Waals surface area contributed by atoms with Crippen LogP contribution in [0.15, 0.2) is 54.9 Å². The van der Waals surface area contributed by atoms with Gasteiger partial charge in [0, 0.05) is 24.6 Å². The van der Waals surface area contributed by atoms with Gasteiger partial charge in [-0.1, -0.05) is 23.7 Å². The van der Waals surface area contributed by atoms with Crippen LogP contribution in [0.1, 0.15) is 15.9 Å². The second-order valence-corrected chi connectivity index (χ2v) is 5.99. The third-order valence-corrected chi connectivity index (χ3v) is 3.99. The highest BCUT2D eigenvalue weighted by atomic mass is 35.5. The van der Waals surface area contributed by atoms with Gasteiger partial charge in [-0.2, -0.15) is 0 Å². The van der Waals surface area contributed by atoms with Gasteiger partial charge >= 0.3 is 0 Å². The summed E-state index contributed by atoms with van der Waals surface area (Å²) in [6.45, 7) is 0.531. The molecule has 0 aliphatic carbocycles. The zero-order chi connectivity index (χ0) is 19.2. The smallest absolute Gasteiger partial charge is 0.258 e. The minimum absolute atomic E-state index is 0.0675. The number of methoxy groups -OCH3 is 1. The van der Waals surface area contributed by atoms with Crippen LogP contribution in [0.4, 0.5) is 16.0 Å². The van der Waals surface area contributed by atoms with Gasteiger partial charge in [0.2, 0.25) is 5.95 Å². The third kappa shape index (κ3) is 4.92. The van der Waals surface area contributed by atoms with Crippen molar-refractivity contribution in [3.05, 3.63) is 76.8 Å². The number of amides is 1. The van der Waals surface area contributed by atoms with Crippen molar-refractivity contribution in [1.82, 2.24) is 9.97 Å². The number of carbonyl (C=O) groups excluding carboxylic acids is 1. The van der Waals surface area contributed by atoms with Crippen LogP contribution >= 0.6 is 11.6 Å². The number of nitrogens with zero attached hydrogens (tertiary/aromatic N) is 2. The summed E-state index contributed by atoms with van der Waals surface area (Å²) in [6.07, 6.45) is 2.81. The molecule has 0 aliphatic rings. The van der Waals surface area contributed by atoms with Gasteiger partial charge in [0.25, 0.3) is 5.91 Å². The Bertz CT molecular complexity index is 933. The molecule has 3 aromatic rings. The van der Waals surface area contributed by atoms with E-state index in [9.17, 15) is 9.18 Å². The van der Waals surface area contributed by atoms with Crippen LogP contribution in [-0.2, 0) is 6.54 Å². The van der Waals surface area contributed by atoms with E-state index in [1.165, 1.54) is 30.6 Å². The maximum absolute atomic E-state index is 13.2. The van der Waals surface area contributed by atoms with Gasteiger partial charge in [-0.05, 0) is 35.9 Å². The number of nitrogens with one attached hydrogen (secondary N) is 2. The average Bonchev–Trinajstić information content (AvgIpc) is 2.70. The summed E-state index contributed by atoms with van der Waals surface area (Å²) in [7, 11) is 1.61. The van der Waals surface area contributed by atoms with E-state index in [1.807, 2.05) is 24.3 Å². The maximum Gasteiger partial charge on any atom is 0.258 e. The lowest BCUT2D eigenvalue weighted by atomic mass is 10.2. The zero-order valence-electron chi connectivity index (χ0n) is 14.4. The second kappa shape index (κ2) is 8.46. The number of aromatic nitrogens is 2. The number of rotatable bonds is 6. The summed E-state index contributed by atoms with van der Waals surface area (Å²) in [5, 5.41) is 5.62. The molecule has 1 heterocycles. The van der Waals surface area contributed by atoms with E-state index in [0.717, 1.165) is 11.3 Å². The quantitative estimate of drug-likeness (QED) is 0.665. The minimum atomic E-state index is -0.551. The third-order valence-electron chi connectivity index (χ3n) is 3.70. The van der Waals surface area contributed by atoms with Gasteiger partial charge < -0.3 is 15.4 Å². The number of benzene rings is 2. The van der Waals surface area contributed by atoms with Crippen molar-refractivity contribution in [2.45, 2.75) is 6.54 Å². The molecule has 0 aliphatic heterocycles. The standard InChI is InChI=1S/C19H16ClFN4O2/c1-27-15-5-2-12(3-6-15)9-22-19-23-10-13(11-24-19)18(26)25-14-4-7-17(21)16(20)8-14/h2-8,10-11H,9H2,1H3,(H,25,26)(H,22,23,24). The van der Waals surface area contributed by atoms with Crippen molar-refractivity contribution < 1.29 is 13.9 Å². The van der Waals surface area contributed by atoms with E-state index in [4.69, 9.17) is 16.3 Å². The summed E-state index contributed by atoms with van der Waals surface area (Å²) in [4.78, 5) is 20.5. The first kappa shape index (κ1) is 18.6. The Balaban J connectivity index is 1.58. The first-order valence-electron chi connectivity index (χ1n) is 8.00. The summed E-state index contributed by atoms with van der Waals surface area (Å²) >= 11 is 5.70. The van der Waals surface area contributed by atoms with E-state index >= 15 is 0 Å². The first-order chi connectivity index (χ1) is 13.0. The Morgan fingerprint density at radius 1 is 1.15 bits per heavy atom. The number of anilines is 2. The predicted octanol–water partition coefficient (Wildman–Crippen LogP) is 4.14. The van der Waals surface area contributed by atoms with Crippen LogP contribution in [0.25, 0.3) is 0 Å². The zero-order valence-corrected chi connectivity index (χ0v) is 15.1. The molecule has 0 unspecified atom stereocenters. The van der Waals surface area contributed by atoms with Crippen molar-refractivity contribution >= 4 is 29.1 Å². The molecule has 1 aromatic heterocycles. The van der Waals surface area contributed by atoms with Gasteiger partial charge in [-0.15, -0.1) is 0 Å². The summed E-state index contributed by atoms with van der Waals surface area (Å²) in [5.74, 6) is 0.213. The van der Waals surface area contributed by atoms with Crippen LogP contribution in [0.5, 0.6) is 5.75 Å². The fraction of sp³-hybridized carbons (Fsp3) is 0.105. The fourth-order valence-corrected chi connectivity index (χ4v) is 2.42. The lowest BCUT2D eigenvalue weighted by molar-refractivity contribution is 0.102. The molecular formula is C19H16ClFN4O2. The minimum Gasteiger partial charge on any atom is -0.497 e. The predicted molar refractivity (Wildman–Crippen MR) is 102 cm³/mol. The Morgan fingerprint density at radius 2 is 1.85 bits per heavy atom. The van der Waals surface area contributed by atoms with Crippen LogP contribution in [0.2, 0.25) is 5.02 Å². The topological polar surface area (TPSA) is 76.1 Å². The molecule has 3 rings (SSSR count). The largest absolute Gasteiger partial charge is 0.497 e. The van der Waals surface area contributed by atoms with E-state index in [0.29, 0.717) is 18.2 Å². The van der Waals surface area contributed by atoms with E-state index in [2.05, 4.69) is 20.6 Å². The van der Waals surface area contributed by atoms with Gasteiger partial charge in [0.1, 0.15) is 11.6 Å². The molecule has 0 saturated carbocycles. The molecule has 0 spiro atoms. The van der Waals surface area contributed by atoms with E-state index < -0.39 is 11.7 Å². The molecule has 1 amide bonds. The molecule has 27 heavy (non-hydrogen) atoms. The van der Waals surface area contributed by atoms with Gasteiger partial charge in [-0.3, -0.25) is 4.79 Å². The first-order valence-corrected chi connectivity index (χ1v) is 8.38. The Morgan fingerprint density at radius 3 is 2.48 bits per heavy atom. The van der Waals surface area contributed by atoms with E-state index in [1.54, 1.807) is 7.11 Å². The highest BCUT2D eigenvalue weighted by molar-refractivity contribution is 6.31. The Hall–Kier alpha value is -3.19. The summed E-state index contributed by atoms with van der Waals surface area (Å²) in [6, 6.07) is 11.5. The number of ether oxygens (including phenoxy) is 1. The second-order valence-electron chi connectivity index (χ2n) is 5.58. The molecular weight excluding hydrogens is 371 g/mol. The maximum atomic E-state index is 13.2. The monoisotopic (exact) mass is 386 g/mol. The SMILES string of the molecule is COc1ccc(CNc2ncc(C(=O)Nc3ccc(F)c(Cl)c3)cn2)cc1. The molecule has 0 atom stereocenters. The van der Waals surface area contributed by atoms with Gasteiger partial charge in [-0.25, -0.2) is 14.4 Å². The van der Waals surface area contributed by atoms with Crippen LogP contribution in [0.3, 0.4) is 0 Å². The molecule has 138 valence electrons. The van der Waals surface area contributed by atoms with Crippen LogP contribution < -0.4 is 15.4 Å². The Kier molecular flexibility index (Phi) is 5.83. The molecule has 0 saturated heterocycles. The molecule has 0 bridgehead atoms. The highest BCUT2D eigenvalue weighted by Crippen LogP contribution is 2.20. The average molecular weight is 387 g/mol. The number of hydrogen-bond acceptors (Lipinski definition) is 5. The highest BCUT2D eigenvalue weighted by Gasteiger charge is 2.09. The van der Waals surface area contributed by atoms with Crippen molar-refractivity contribution in [2.24, 2.45) is 0 Å². The molecule has 6 nitrogen and oxygen atoms in total. The lowest BCUT2D eigenvalue weighted by Gasteiger charge is -2.08. The van der Waals surface area contributed by atoms with Gasteiger partial charge in [0.15, 0.2) is 0 Å². The molecule has 2 aromatic carbocycles. The fourth-order valence-electron chi connectivity index (χ4n) is 2.24. The van der Waals surface area contributed by atoms with E-state index in [-0.39, 0.29) is 10.6 Å². The molecule has 8 heteroatoms. The van der Waals surface area contributed by atoms with Crippen molar-refractivity contribution in [3.8, 4) is 5.75 Å². The normalized spacial score (nSPS) is 10.3.